The summed E-state index contributed by atoms with van der Waals surface area (Å²) < 4.78 is 0.587. The lowest BCUT2D eigenvalue weighted by Crippen LogP contribution is -2.29. The highest BCUT2D eigenvalue weighted by atomic mass is 32.1. The Bertz CT molecular complexity index is 549. The summed E-state index contributed by atoms with van der Waals surface area (Å²) in [5, 5.41) is 9.06. The molecule has 0 aliphatic heterocycles. The van der Waals surface area contributed by atoms with Crippen molar-refractivity contribution in [3.05, 3.63) is 27.5 Å². The molecule has 1 atom stereocenters. The Balaban J connectivity index is 2.35. The lowest BCUT2D eigenvalue weighted by molar-refractivity contribution is 0.182. The first-order valence-electron chi connectivity index (χ1n) is 6.63. The largest absolute Gasteiger partial charge is 0.349 e. The van der Waals surface area contributed by atoms with Crippen molar-refractivity contribution in [3.63, 3.8) is 0 Å². The van der Waals surface area contributed by atoms with E-state index in [9.17, 15) is 0 Å². The Morgan fingerprint density at radius 3 is 2.89 bits per heavy atom. The number of nitrogens with one attached hydrogen (secondary N) is 1. The molecule has 1 aromatic rings. The maximum Gasteiger partial charge on any atom is 0.121 e. The third kappa shape index (κ3) is 2.35. The van der Waals surface area contributed by atoms with Crippen LogP contribution in [0.3, 0.4) is 0 Å². The number of rotatable bonds is 2. The van der Waals surface area contributed by atoms with Crippen molar-refractivity contribution in [2.45, 2.75) is 46.5 Å². The van der Waals surface area contributed by atoms with E-state index in [1.165, 1.54) is 24.1 Å². The zero-order valence-corrected chi connectivity index (χ0v) is 12.2. The summed E-state index contributed by atoms with van der Waals surface area (Å²) in [6.07, 6.45) is 4.53. The number of nitriles is 1. The molecule has 2 nitrogen and oxygen atoms in total. The third-order valence-electron chi connectivity index (χ3n) is 4.56. The Kier molecular flexibility index (Phi) is 3.59. The number of pyridine rings is 1. The average Bonchev–Trinajstić information content (AvgIpc) is 2.37. The fraction of sp³-hybridized carbons (Fsp3) is 0.600. The molecule has 0 fully saturated rings. The van der Waals surface area contributed by atoms with Gasteiger partial charge < -0.3 is 4.98 Å². The van der Waals surface area contributed by atoms with Crippen LogP contribution in [0.1, 0.15) is 50.4 Å². The maximum atomic E-state index is 9.06. The topological polar surface area (TPSA) is 39.6 Å². The smallest absolute Gasteiger partial charge is 0.121 e. The standard InChI is InChI=1S/C15H20N2S/c1-4-15(2,3)12-5-6-13-10(8-12)7-11(9-16)14(18)17-13/h7,12H,4-6,8H2,1-3H3,(H,17,18). The van der Waals surface area contributed by atoms with Crippen molar-refractivity contribution < 1.29 is 0 Å². The lowest BCUT2D eigenvalue weighted by Gasteiger charge is -2.37. The van der Waals surface area contributed by atoms with Crippen LogP contribution in [0.4, 0.5) is 0 Å². The molecule has 1 N–H and O–H groups in total. The molecule has 96 valence electrons. The molecule has 1 aliphatic rings. The molecule has 1 aliphatic carbocycles. The Morgan fingerprint density at radius 2 is 2.28 bits per heavy atom. The number of hydrogen-bond donors (Lipinski definition) is 1. The van der Waals surface area contributed by atoms with Crippen molar-refractivity contribution in [3.8, 4) is 6.07 Å². The van der Waals surface area contributed by atoms with E-state index in [2.05, 4.69) is 31.8 Å². The van der Waals surface area contributed by atoms with Crippen LogP contribution in [0.2, 0.25) is 0 Å². The Labute approximate surface area is 114 Å². The van der Waals surface area contributed by atoms with Gasteiger partial charge in [0.2, 0.25) is 0 Å². The zero-order chi connectivity index (χ0) is 13.3. The van der Waals surface area contributed by atoms with Crippen LogP contribution in [0.15, 0.2) is 6.07 Å². The summed E-state index contributed by atoms with van der Waals surface area (Å²) in [4.78, 5) is 3.23. The van der Waals surface area contributed by atoms with E-state index < -0.39 is 0 Å². The predicted molar refractivity (Wildman–Crippen MR) is 75.9 cm³/mol. The van der Waals surface area contributed by atoms with E-state index in [0.29, 0.717) is 21.5 Å². The van der Waals surface area contributed by atoms with Gasteiger partial charge in [0, 0.05) is 5.69 Å². The minimum Gasteiger partial charge on any atom is -0.349 e. The molecular formula is C15H20N2S. The van der Waals surface area contributed by atoms with E-state index in [-0.39, 0.29) is 0 Å². The van der Waals surface area contributed by atoms with Crippen molar-refractivity contribution in [2.24, 2.45) is 11.3 Å². The summed E-state index contributed by atoms with van der Waals surface area (Å²) in [6, 6.07) is 4.17. The SMILES string of the molecule is CCC(C)(C)C1CCc2[nH]c(=S)c(C#N)cc2C1. The Morgan fingerprint density at radius 1 is 1.56 bits per heavy atom. The number of hydrogen-bond acceptors (Lipinski definition) is 2. The van der Waals surface area contributed by atoms with E-state index in [1.54, 1.807) is 0 Å². The van der Waals surface area contributed by atoms with Gasteiger partial charge in [0.25, 0.3) is 0 Å². The van der Waals surface area contributed by atoms with Gasteiger partial charge >= 0.3 is 0 Å². The number of aryl methyl sites for hydroxylation is 1. The summed E-state index contributed by atoms with van der Waals surface area (Å²) in [5.41, 5.74) is 3.51. The van der Waals surface area contributed by atoms with Gasteiger partial charge in [0.05, 0.1) is 5.56 Å². The van der Waals surface area contributed by atoms with Gasteiger partial charge in [-0.3, -0.25) is 0 Å². The molecule has 0 amide bonds. The molecule has 0 bridgehead atoms. The minimum atomic E-state index is 0.372. The van der Waals surface area contributed by atoms with Crippen LogP contribution >= 0.6 is 12.2 Å². The highest BCUT2D eigenvalue weighted by Gasteiger charge is 2.31. The zero-order valence-electron chi connectivity index (χ0n) is 11.3. The third-order valence-corrected chi connectivity index (χ3v) is 4.88. The number of H-pyrrole nitrogens is 1. The van der Waals surface area contributed by atoms with Crippen LogP contribution < -0.4 is 0 Å². The normalized spacial score (nSPS) is 19.1. The molecule has 1 heterocycles. The molecule has 0 spiro atoms. The van der Waals surface area contributed by atoms with Gasteiger partial charge in [-0.25, -0.2) is 0 Å². The molecule has 0 saturated carbocycles. The molecule has 3 heteroatoms. The van der Waals surface area contributed by atoms with Gasteiger partial charge in [-0.15, -0.1) is 0 Å². The molecule has 0 radical (unpaired) electrons. The summed E-state index contributed by atoms with van der Waals surface area (Å²) in [6.45, 7) is 6.95. The average molecular weight is 260 g/mol. The van der Waals surface area contributed by atoms with Gasteiger partial charge in [-0.2, -0.15) is 5.26 Å². The first kappa shape index (κ1) is 13.3. The van der Waals surface area contributed by atoms with Gasteiger partial charge in [0.15, 0.2) is 0 Å². The second-order valence-electron chi connectivity index (χ2n) is 5.91. The van der Waals surface area contributed by atoms with Gasteiger partial charge in [0.1, 0.15) is 10.7 Å². The van der Waals surface area contributed by atoms with Crippen LogP contribution in [0.25, 0.3) is 0 Å². The Hall–Kier alpha value is -1.14. The van der Waals surface area contributed by atoms with Crippen LogP contribution in [-0.2, 0) is 12.8 Å². The molecule has 1 unspecified atom stereocenters. The van der Waals surface area contributed by atoms with Crippen LogP contribution in [0, 0.1) is 27.3 Å². The van der Waals surface area contributed by atoms with Crippen LogP contribution in [-0.4, -0.2) is 4.98 Å². The van der Waals surface area contributed by atoms with E-state index in [1.807, 2.05) is 6.07 Å². The molecule has 0 saturated heterocycles. The quantitative estimate of drug-likeness (QED) is 0.811. The second kappa shape index (κ2) is 4.85. The van der Waals surface area contributed by atoms with Crippen molar-refractivity contribution in [1.82, 2.24) is 4.98 Å². The van der Waals surface area contributed by atoms with E-state index in [0.717, 1.165) is 12.8 Å². The van der Waals surface area contributed by atoms with Crippen molar-refractivity contribution in [1.29, 1.82) is 5.26 Å². The molecule has 18 heavy (non-hydrogen) atoms. The maximum absolute atomic E-state index is 9.06. The van der Waals surface area contributed by atoms with E-state index in [4.69, 9.17) is 17.5 Å². The number of aromatic amines is 1. The fourth-order valence-electron chi connectivity index (χ4n) is 2.74. The fourth-order valence-corrected chi connectivity index (χ4v) is 2.97. The van der Waals surface area contributed by atoms with Crippen molar-refractivity contribution >= 4 is 12.2 Å². The molecule has 1 aromatic heterocycles. The number of aromatic nitrogens is 1. The molecule has 2 rings (SSSR count). The summed E-state index contributed by atoms with van der Waals surface area (Å²) >= 11 is 5.18. The van der Waals surface area contributed by atoms with Crippen molar-refractivity contribution in [2.75, 3.05) is 0 Å². The van der Waals surface area contributed by atoms with E-state index >= 15 is 0 Å². The van der Waals surface area contributed by atoms with Gasteiger partial charge in [-0.05, 0) is 42.2 Å². The molecular weight excluding hydrogens is 240 g/mol. The number of fused-ring (bicyclic) bond motifs is 1. The highest BCUT2D eigenvalue weighted by molar-refractivity contribution is 7.71. The van der Waals surface area contributed by atoms with Crippen LogP contribution in [0.5, 0.6) is 0 Å². The predicted octanol–water partition coefficient (Wildman–Crippen LogP) is 4.16. The summed E-state index contributed by atoms with van der Waals surface area (Å²) in [5.74, 6) is 0.700. The monoisotopic (exact) mass is 260 g/mol. The minimum absolute atomic E-state index is 0.372. The lowest BCUT2D eigenvalue weighted by atomic mass is 9.69. The molecule has 0 aromatic carbocycles. The second-order valence-corrected chi connectivity index (χ2v) is 6.32. The summed E-state index contributed by atoms with van der Waals surface area (Å²) in [7, 11) is 0. The highest BCUT2D eigenvalue weighted by Crippen LogP contribution is 2.39. The van der Waals surface area contributed by atoms with Gasteiger partial charge in [-0.1, -0.05) is 39.4 Å². The first-order valence-corrected chi connectivity index (χ1v) is 7.04. The number of nitrogens with zero attached hydrogens (tertiary/aromatic N) is 1. The first-order chi connectivity index (χ1) is 8.47.